The molecule has 2 aromatic rings. The summed E-state index contributed by atoms with van der Waals surface area (Å²) < 4.78 is 11.3. The molecule has 27 heavy (non-hydrogen) atoms. The standard InChI is InChI=1S/C24H28O3/c1-18(24(25)26-2)22-17-21(15-13-19-9-5-3-6-10-19)27-23(22)16-14-20-11-7-4-8-12-20/h3-12,21-23H,1,13-17H2,2H3/t21-,22-,23+/m1/s1. The number of hydrogen-bond donors (Lipinski definition) is 0. The topological polar surface area (TPSA) is 35.5 Å². The molecule has 0 bridgehead atoms. The summed E-state index contributed by atoms with van der Waals surface area (Å²) in [5.41, 5.74) is 3.14. The molecular weight excluding hydrogens is 336 g/mol. The minimum absolute atomic E-state index is 0.0116. The van der Waals surface area contributed by atoms with Gasteiger partial charge in [-0.05, 0) is 43.2 Å². The fourth-order valence-corrected chi connectivity index (χ4v) is 3.86. The molecule has 0 unspecified atom stereocenters. The van der Waals surface area contributed by atoms with Gasteiger partial charge in [0.1, 0.15) is 0 Å². The van der Waals surface area contributed by atoms with Gasteiger partial charge in [-0.25, -0.2) is 4.79 Å². The van der Waals surface area contributed by atoms with E-state index in [4.69, 9.17) is 9.47 Å². The third-order valence-electron chi connectivity index (χ3n) is 5.39. The number of esters is 1. The van der Waals surface area contributed by atoms with Crippen LogP contribution in [0.3, 0.4) is 0 Å². The van der Waals surface area contributed by atoms with Gasteiger partial charge in [-0.3, -0.25) is 0 Å². The molecule has 0 saturated carbocycles. The van der Waals surface area contributed by atoms with Crippen molar-refractivity contribution < 1.29 is 14.3 Å². The van der Waals surface area contributed by atoms with E-state index in [-0.39, 0.29) is 24.1 Å². The van der Waals surface area contributed by atoms with Crippen LogP contribution in [0.15, 0.2) is 72.8 Å². The maximum Gasteiger partial charge on any atom is 0.333 e. The fraction of sp³-hybridized carbons (Fsp3) is 0.375. The van der Waals surface area contributed by atoms with Crippen LogP contribution >= 0.6 is 0 Å². The molecule has 1 heterocycles. The summed E-state index contributed by atoms with van der Waals surface area (Å²) >= 11 is 0. The van der Waals surface area contributed by atoms with Gasteiger partial charge in [0, 0.05) is 11.5 Å². The van der Waals surface area contributed by atoms with Gasteiger partial charge in [0.25, 0.3) is 0 Å². The number of benzene rings is 2. The maximum absolute atomic E-state index is 12.0. The van der Waals surface area contributed by atoms with Crippen LogP contribution in [-0.4, -0.2) is 25.3 Å². The molecule has 1 aliphatic heterocycles. The first-order valence-corrected chi connectivity index (χ1v) is 9.67. The van der Waals surface area contributed by atoms with Crippen molar-refractivity contribution in [3.05, 3.63) is 83.9 Å². The zero-order valence-electron chi connectivity index (χ0n) is 16.0. The van der Waals surface area contributed by atoms with Crippen LogP contribution in [-0.2, 0) is 27.1 Å². The molecule has 3 rings (SSSR count). The van der Waals surface area contributed by atoms with Crippen LogP contribution < -0.4 is 0 Å². The molecule has 0 aromatic heterocycles. The lowest BCUT2D eigenvalue weighted by molar-refractivity contribution is -0.137. The molecule has 142 valence electrons. The highest BCUT2D eigenvalue weighted by Crippen LogP contribution is 2.36. The molecule has 1 aliphatic rings. The molecule has 3 atom stereocenters. The Kier molecular flexibility index (Phi) is 6.83. The van der Waals surface area contributed by atoms with Crippen LogP contribution in [0.2, 0.25) is 0 Å². The van der Waals surface area contributed by atoms with Crippen LogP contribution in [0.25, 0.3) is 0 Å². The lowest BCUT2D eigenvalue weighted by Crippen LogP contribution is -2.23. The Morgan fingerprint density at radius 3 is 2.11 bits per heavy atom. The normalized spacial score (nSPS) is 21.7. The molecule has 0 aliphatic carbocycles. The van der Waals surface area contributed by atoms with Gasteiger partial charge in [-0.15, -0.1) is 0 Å². The van der Waals surface area contributed by atoms with Crippen LogP contribution in [0, 0.1) is 5.92 Å². The Hall–Kier alpha value is -2.39. The predicted molar refractivity (Wildman–Crippen MR) is 107 cm³/mol. The lowest BCUT2D eigenvalue weighted by Gasteiger charge is -2.19. The molecule has 0 radical (unpaired) electrons. The number of methoxy groups -OCH3 is 1. The predicted octanol–water partition coefficient (Wildman–Crippen LogP) is 4.75. The second-order valence-corrected chi connectivity index (χ2v) is 7.20. The van der Waals surface area contributed by atoms with Crippen molar-refractivity contribution in [1.29, 1.82) is 0 Å². The number of ether oxygens (including phenoxy) is 2. The lowest BCUT2D eigenvalue weighted by atomic mass is 9.88. The molecule has 1 saturated heterocycles. The summed E-state index contributed by atoms with van der Waals surface area (Å²) in [6.07, 6.45) is 4.75. The fourth-order valence-electron chi connectivity index (χ4n) is 3.86. The Bertz CT molecular complexity index is 739. The highest BCUT2D eigenvalue weighted by atomic mass is 16.5. The highest BCUT2D eigenvalue weighted by Gasteiger charge is 2.38. The Labute approximate surface area is 162 Å². The van der Waals surface area contributed by atoms with Crippen molar-refractivity contribution in [3.8, 4) is 0 Å². The molecule has 0 N–H and O–H groups in total. The van der Waals surface area contributed by atoms with E-state index in [0.717, 1.165) is 32.1 Å². The van der Waals surface area contributed by atoms with Crippen molar-refractivity contribution in [3.63, 3.8) is 0 Å². The first-order valence-electron chi connectivity index (χ1n) is 9.67. The summed E-state index contributed by atoms with van der Waals surface area (Å²) in [5, 5.41) is 0. The third-order valence-corrected chi connectivity index (χ3v) is 5.39. The molecule has 0 amide bonds. The van der Waals surface area contributed by atoms with Gasteiger partial charge < -0.3 is 9.47 Å². The number of rotatable bonds is 8. The van der Waals surface area contributed by atoms with Gasteiger partial charge in [0.2, 0.25) is 0 Å². The minimum atomic E-state index is -0.322. The summed E-state index contributed by atoms with van der Waals surface area (Å²) in [4.78, 5) is 12.0. The summed E-state index contributed by atoms with van der Waals surface area (Å²) in [6, 6.07) is 20.8. The van der Waals surface area contributed by atoms with Crippen LogP contribution in [0.1, 0.15) is 30.4 Å². The summed E-state index contributed by atoms with van der Waals surface area (Å²) in [7, 11) is 1.41. The quantitative estimate of drug-likeness (QED) is 0.501. The van der Waals surface area contributed by atoms with Crippen LogP contribution in [0.5, 0.6) is 0 Å². The second-order valence-electron chi connectivity index (χ2n) is 7.20. The van der Waals surface area contributed by atoms with Crippen molar-refractivity contribution in [2.24, 2.45) is 5.92 Å². The minimum Gasteiger partial charge on any atom is -0.466 e. The molecule has 2 aromatic carbocycles. The largest absolute Gasteiger partial charge is 0.466 e. The smallest absolute Gasteiger partial charge is 0.333 e. The Morgan fingerprint density at radius 1 is 1.00 bits per heavy atom. The van der Waals surface area contributed by atoms with Crippen molar-refractivity contribution in [2.45, 2.75) is 44.3 Å². The van der Waals surface area contributed by atoms with Crippen molar-refractivity contribution in [2.75, 3.05) is 7.11 Å². The molecular formula is C24H28O3. The first-order chi connectivity index (χ1) is 13.2. The van der Waals surface area contributed by atoms with E-state index in [9.17, 15) is 4.79 Å². The van der Waals surface area contributed by atoms with Gasteiger partial charge in [0.15, 0.2) is 0 Å². The van der Waals surface area contributed by atoms with Gasteiger partial charge in [-0.2, -0.15) is 0 Å². The van der Waals surface area contributed by atoms with Gasteiger partial charge in [0.05, 0.1) is 19.3 Å². The summed E-state index contributed by atoms with van der Waals surface area (Å²) in [6.45, 7) is 4.01. The van der Waals surface area contributed by atoms with E-state index >= 15 is 0 Å². The van der Waals surface area contributed by atoms with E-state index in [1.807, 2.05) is 12.1 Å². The number of carbonyl (C=O) groups excluding carboxylic acids is 1. The second kappa shape index (κ2) is 9.52. The average Bonchev–Trinajstić information content (AvgIpc) is 3.14. The molecule has 3 nitrogen and oxygen atoms in total. The highest BCUT2D eigenvalue weighted by molar-refractivity contribution is 5.88. The monoisotopic (exact) mass is 364 g/mol. The first kappa shape index (κ1) is 19.4. The SMILES string of the molecule is C=C(C(=O)OC)[C@H]1C[C@@H](CCc2ccccc2)O[C@H]1CCc1ccccc1. The van der Waals surface area contributed by atoms with Gasteiger partial charge >= 0.3 is 5.97 Å². The van der Waals surface area contributed by atoms with E-state index in [0.29, 0.717) is 5.57 Å². The van der Waals surface area contributed by atoms with E-state index < -0.39 is 0 Å². The molecule has 1 fully saturated rings. The van der Waals surface area contributed by atoms with Crippen molar-refractivity contribution >= 4 is 5.97 Å². The molecule has 3 heteroatoms. The Balaban J connectivity index is 1.62. The zero-order valence-corrected chi connectivity index (χ0v) is 16.0. The maximum atomic E-state index is 12.0. The van der Waals surface area contributed by atoms with E-state index in [1.165, 1.54) is 18.2 Å². The van der Waals surface area contributed by atoms with E-state index in [2.05, 4.69) is 55.1 Å². The van der Waals surface area contributed by atoms with Gasteiger partial charge in [-0.1, -0.05) is 67.2 Å². The number of hydrogen-bond acceptors (Lipinski definition) is 3. The van der Waals surface area contributed by atoms with E-state index in [1.54, 1.807) is 0 Å². The van der Waals surface area contributed by atoms with Crippen molar-refractivity contribution in [1.82, 2.24) is 0 Å². The Morgan fingerprint density at radius 2 is 1.56 bits per heavy atom. The number of aryl methyl sites for hydroxylation is 2. The van der Waals surface area contributed by atoms with Crippen LogP contribution in [0.4, 0.5) is 0 Å². The average molecular weight is 364 g/mol. The summed E-state index contributed by atoms with van der Waals surface area (Å²) in [5.74, 6) is -0.293. The zero-order chi connectivity index (χ0) is 19.1. The molecule has 0 spiro atoms. The third kappa shape index (κ3) is 5.30. The number of carbonyl (C=O) groups is 1.